The number of hydrogen-bond acceptors (Lipinski definition) is 3. The molecule has 128 valence electrons. The van der Waals surface area contributed by atoms with Crippen LogP contribution in [-0.4, -0.2) is 53.7 Å². The molecule has 1 atom stereocenters. The van der Waals surface area contributed by atoms with Crippen molar-refractivity contribution in [3.63, 3.8) is 0 Å². The molecule has 1 saturated carbocycles. The fourth-order valence-corrected chi connectivity index (χ4v) is 4.08. The number of amides is 1. The second-order valence-electron chi connectivity index (χ2n) is 7.52. The molecular weight excluding hydrogens is 300 g/mol. The number of benzene rings is 1. The van der Waals surface area contributed by atoms with Gasteiger partial charge in [0.15, 0.2) is 5.78 Å². The molecule has 0 aromatic heterocycles. The van der Waals surface area contributed by atoms with E-state index >= 15 is 0 Å². The second kappa shape index (κ2) is 6.67. The summed E-state index contributed by atoms with van der Waals surface area (Å²) in [5.41, 5.74) is 1.47. The van der Waals surface area contributed by atoms with E-state index in [1.165, 1.54) is 25.9 Å². The Balaban J connectivity index is 1.42. The summed E-state index contributed by atoms with van der Waals surface area (Å²) in [6.07, 6.45) is 6.83. The molecule has 1 unspecified atom stereocenters. The lowest BCUT2D eigenvalue weighted by molar-refractivity contribution is 0.0708. The third-order valence-electron chi connectivity index (χ3n) is 5.67. The molecule has 3 fully saturated rings. The molecule has 3 aliphatic rings. The fraction of sp³-hybridized carbons (Fsp3) is 0.600. The van der Waals surface area contributed by atoms with E-state index in [9.17, 15) is 9.59 Å². The summed E-state index contributed by atoms with van der Waals surface area (Å²) in [4.78, 5) is 29.5. The van der Waals surface area contributed by atoms with Gasteiger partial charge in [-0.25, -0.2) is 0 Å². The highest BCUT2D eigenvalue weighted by Gasteiger charge is 2.32. The molecule has 4 heteroatoms. The standard InChI is InChI=1S/C20H26N2O2/c23-19(15-5-6-15)16-7-9-17(10-8-16)20(24)22-13-3-4-18(22)14-21-11-1-2-12-21/h7-10,15,18H,1-6,11-14H2. The smallest absolute Gasteiger partial charge is 0.254 e. The van der Waals surface area contributed by atoms with Crippen LogP contribution in [0, 0.1) is 5.92 Å². The first-order valence-corrected chi connectivity index (χ1v) is 9.40. The minimum absolute atomic E-state index is 0.127. The maximum atomic E-state index is 12.9. The van der Waals surface area contributed by atoms with Crippen molar-refractivity contribution >= 4 is 11.7 Å². The van der Waals surface area contributed by atoms with Crippen molar-refractivity contribution < 1.29 is 9.59 Å². The maximum absolute atomic E-state index is 12.9. The zero-order valence-corrected chi connectivity index (χ0v) is 14.2. The van der Waals surface area contributed by atoms with Crippen LogP contribution >= 0.6 is 0 Å². The largest absolute Gasteiger partial charge is 0.334 e. The van der Waals surface area contributed by atoms with Gasteiger partial charge >= 0.3 is 0 Å². The van der Waals surface area contributed by atoms with E-state index in [4.69, 9.17) is 0 Å². The van der Waals surface area contributed by atoms with Gasteiger partial charge in [0.2, 0.25) is 0 Å². The summed E-state index contributed by atoms with van der Waals surface area (Å²) in [5, 5.41) is 0. The van der Waals surface area contributed by atoms with Gasteiger partial charge in [-0.15, -0.1) is 0 Å². The topological polar surface area (TPSA) is 40.6 Å². The molecule has 2 saturated heterocycles. The predicted molar refractivity (Wildman–Crippen MR) is 93.2 cm³/mol. The maximum Gasteiger partial charge on any atom is 0.254 e. The lowest BCUT2D eigenvalue weighted by atomic mass is 10.0. The van der Waals surface area contributed by atoms with Crippen LogP contribution in [0.2, 0.25) is 0 Å². The van der Waals surface area contributed by atoms with E-state index in [0.29, 0.717) is 6.04 Å². The van der Waals surface area contributed by atoms with Gasteiger partial charge in [0.1, 0.15) is 0 Å². The third kappa shape index (κ3) is 3.25. The summed E-state index contributed by atoms with van der Waals surface area (Å²) in [5.74, 6) is 0.596. The van der Waals surface area contributed by atoms with Gasteiger partial charge in [0.05, 0.1) is 0 Å². The van der Waals surface area contributed by atoms with E-state index in [1.807, 2.05) is 24.3 Å². The molecule has 0 radical (unpaired) electrons. The van der Waals surface area contributed by atoms with E-state index in [-0.39, 0.29) is 17.6 Å². The zero-order chi connectivity index (χ0) is 16.5. The van der Waals surface area contributed by atoms with Crippen LogP contribution < -0.4 is 0 Å². The quantitative estimate of drug-likeness (QED) is 0.781. The highest BCUT2D eigenvalue weighted by atomic mass is 16.2. The summed E-state index contributed by atoms with van der Waals surface area (Å²) < 4.78 is 0. The minimum atomic E-state index is 0.127. The first kappa shape index (κ1) is 15.8. The average Bonchev–Trinajstić information content (AvgIpc) is 3.14. The fourth-order valence-electron chi connectivity index (χ4n) is 4.08. The summed E-state index contributed by atoms with van der Waals surface area (Å²) in [7, 11) is 0. The number of likely N-dealkylation sites (tertiary alicyclic amines) is 2. The zero-order valence-electron chi connectivity index (χ0n) is 14.2. The van der Waals surface area contributed by atoms with Gasteiger partial charge in [-0.3, -0.25) is 9.59 Å². The van der Waals surface area contributed by atoms with Gasteiger partial charge in [-0.1, -0.05) is 12.1 Å². The summed E-state index contributed by atoms with van der Waals surface area (Å²) >= 11 is 0. The summed E-state index contributed by atoms with van der Waals surface area (Å²) in [6, 6.07) is 7.69. The molecule has 1 aromatic rings. The number of nitrogens with zero attached hydrogens (tertiary/aromatic N) is 2. The van der Waals surface area contributed by atoms with Gasteiger partial charge in [-0.2, -0.15) is 0 Å². The van der Waals surface area contributed by atoms with Crippen molar-refractivity contribution in [3.8, 4) is 0 Å². The number of Topliss-reactive ketones (excluding diaryl/α,β-unsaturated/α-hetero) is 1. The predicted octanol–water partition coefficient (Wildman–Crippen LogP) is 2.98. The van der Waals surface area contributed by atoms with Crippen molar-refractivity contribution in [2.75, 3.05) is 26.2 Å². The Bertz CT molecular complexity index is 615. The van der Waals surface area contributed by atoms with Gasteiger partial charge in [0, 0.05) is 36.2 Å². The number of hydrogen-bond donors (Lipinski definition) is 0. The highest BCUT2D eigenvalue weighted by Crippen LogP contribution is 2.32. The van der Waals surface area contributed by atoms with E-state index < -0.39 is 0 Å². The van der Waals surface area contributed by atoms with Gasteiger partial charge in [-0.05, 0) is 63.7 Å². The lowest BCUT2D eigenvalue weighted by Crippen LogP contribution is -2.42. The van der Waals surface area contributed by atoms with Crippen LogP contribution in [0.5, 0.6) is 0 Å². The van der Waals surface area contributed by atoms with Crippen LogP contribution in [0.3, 0.4) is 0 Å². The van der Waals surface area contributed by atoms with Crippen LogP contribution in [0.4, 0.5) is 0 Å². The Morgan fingerprint density at radius 2 is 1.54 bits per heavy atom. The van der Waals surface area contributed by atoms with Gasteiger partial charge < -0.3 is 9.80 Å². The molecule has 0 bridgehead atoms. The molecule has 1 aromatic carbocycles. The lowest BCUT2D eigenvalue weighted by Gasteiger charge is -2.28. The van der Waals surface area contributed by atoms with E-state index in [2.05, 4.69) is 9.80 Å². The molecule has 24 heavy (non-hydrogen) atoms. The molecule has 4 nitrogen and oxygen atoms in total. The third-order valence-corrected chi connectivity index (χ3v) is 5.67. The molecular formula is C20H26N2O2. The molecule has 1 aliphatic carbocycles. The van der Waals surface area contributed by atoms with Gasteiger partial charge in [0.25, 0.3) is 5.91 Å². The first-order valence-electron chi connectivity index (χ1n) is 9.40. The van der Waals surface area contributed by atoms with Crippen molar-refractivity contribution in [2.45, 2.75) is 44.6 Å². The first-order chi connectivity index (χ1) is 11.7. The Morgan fingerprint density at radius 3 is 2.21 bits per heavy atom. The van der Waals surface area contributed by atoms with Crippen molar-refractivity contribution in [3.05, 3.63) is 35.4 Å². The molecule has 0 spiro atoms. The normalized spacial score (nSPS) is 24.5. The second-order valence-corrected chi connectivity index (χ2v) is 7.52. The SMILES string of the molecule is O=C(c1ccc(C(=O)N2CCCC2CN2CCCC2)cc1)C1CC1. The highest BCUT2D eigenvalue weighted by molar-refractivity contribution is 6.01. The Morgan fingerprint density at radius 1 is 0.875 bits per heavy atom. The van der Waals surface area contributed by atoms with Crippen molar-refractivity contribution in [2.24, 2.45) is 5.92 Å². The van der Waals surface area contributed by atoms with Crippen LogP contribution in [0.15, 0.2) is 24.3 Å². The van der Waals surface area contributed by atoms with Crippen molar-refractivity contribution in [1.29, 1.82) is 0 Å². The molecule has 4 rings (SSSR count). The average molecular weight is 326 g/mol. The van der Waals surface area contributed by atoms with Crippen molar-refractivity contribution in [1.82, 2.24) is 9.80 Å². The molecule has 2 heterocycles. The molecule has 1 amide bonds. The number of rotatable bonds is 5. The summed E-state index contributed by atoms with van der Waals surface area (Å²) in [6.45, 7) is 4.23. The monoisotopic (exact) mass is 326 g/mol. The Hall–Kier alpha value is -1.68. The van der Waals surface area contributed by atoms with E-state index in [1.54, 1.807) is 0 Å². The minimum Gasteiger partial charge on any atom is -0.334 e. The number of ketones is 1. The molecule has 2 aliphatic heterocycles. The van der Waals surface area contributed by atoms with E-state index in [0.717, 1.165) is 49.9 Å². The molecule has 0 N–H and O–H groups in total. The van der Waals surface area contributed by atoms with Crippen LogP contribution in [0.1, 0.15) is 59.2 Å². The Kier molecular flexibility index (Phi) is 4.40. The van der Waals surface area contributed by atoms with Crippen LogP contribution in [-0.2, 0) is 0 Å². The number of carbonyl (C=O) groups is 2. The number of carbonyl (C=O) groups excluding carboxylic acids is 2. The van der Waals surface area contributed by atoms with Crippen LogP contribution in [0.25, 0.3) is 0 Å². The Labute approximate surface area is 143 Å².